The van der Waals surface area contributed by atoms with Crippen molar-refractivity contribution in [3.05, 3.63) is 64.2 Å². The van der Waals surface area contributed by atoms with Crippen molar-refractivity contribution in [3.63, 3.8) is 0 Å². The normalized spacial score (nSPS) is 11.5. The van der Waals surface area contributed by atoms with Crippen LogP contribution in [0, 0.1) is 10.1 Å². The highest BCUT2D eigenvalue weighted by Crippen LogP contribution is 2.18. The predicted octanol–water partition coefficient (Wildman–Crippen LogP) is 4.26. The zero-order chi connectivity index (χ0) is 21.1. The van der Waals surface area contributed by atoms with Crippen LogP contribution in [-0.4, -0.2) is 26.2 Å². The lowest BCUT2D eigenvalue weighted by atomic mass is 10.2. The van der Waals surface area contributed by atoms with E-state index in [0.29, 0.717) is 17.9 Å². The Morgan fingerprint density at radius 3 is 2.62 bits per heavy atom. The van der Waals surface area contributed by atoms with Crippen LogP contribution in [0.5, 0.6) is 5.75 Å². The van der Waals surface area contributed by atoms with Gasteiger partial charge in [0.1, 0.15) is 5.75 Å². The number of nitro benzene ring substituents is 1. The highest BCUT2D eigenvalue weighted by Gasteiger charge is 2.16. The van der Waals surface area contributed by atoms with Gasteiger partial charge in [0, 0.05) is 17.7 Å². The number of non-ortho nitro benzene ring substituents is 1. The molecule has 0 aliphatic carbocycles. The van der Waals surface area contributed by atoms with Crippen LogP contribution in [0.4, 0.5) is 5.69 Å². The first kappa shape index (κ1) is 22.4. The fourth-order valence-electron chi connectivity index (χ4n) is 2.59. The summed E-state index contributed by atoms with van der Waals surface area (Å²) in [4.78, 5) is 12.0. The molecule has 1 N–H and O–H groups in total. The minimum Gasteiger partial charge on any atom is -0.493 e. The van der Waals surface area contributed by atoms with E-state index in [1.165, 1.54) is 43.7 Å². The van der Waals surface area contributed by atoms with Gasteiger partial charge in [0.2, 0.25) is 0 Å². The van der Waals surface area contributed by atoms with E-state index in [-0.39, 0.29) is 10.6 Å². The van der Waals surface area contributed by atoms with Crippen molar-refractivity contribution in [2.45, 2.75) is 43.9 Å². The van der Waals surface area contributed by atoms with Crippen molar-refractivity contribution in [1.29, 1.82) is 0 Å². The number of ether oxygens (including phenoxy) is 1. The van der Waals surface area contributed by atoms with Crippen molar-refractivity contribution in [2.24, 2.45) is 5.10 Å². The summed E-state index contributed by atoms with van der Waals surface area (Å²) in [5.41, 5.74) is 0.317. The van der Waals surface area contributed by atoms with Gasteiger partial charge in [-0.25, -0.2) is 4.83 Å². The van der Waals surface area contributed by atoms with Crippen LogP contribution in [0.25, 0.3) is 0 Å². The molecule has 0 aliphatic heterocycles. The summed E-state index contributed by atoms with van der Waals surface area (Å²) in [7, 11) is -4.02. The number of sulfonamides is 1. The fraction of sp³-hybridized carbons (Fsp3) is 0.350. The van der Waals surface area contributed by atoms with Crippen LogP contribution >= 0.6 is 0 Å². The van der Waals surface area contributed by atoms with Crippen LogP contribution in [0.15, 0.2) is 58.5 Å². The third kappa shape index (κ3) is 7.19. The maximum Gasteiger partial charge on any atom is 0.276 e. The van der Waals surface area contributed by atoms with E-state index in [1.807, 2.05) is 6.07 Å². The molecule has 0 atom stereocenters. The Balaban J connectivity index is 1.99. The largest absolute Gasteiger partial charge is 0.493 e. The minimum absolute atomic E-state index is 0.236. The first-order valence-corrected chi connectivity index (χ1v) is 10.9. The standard InChI is InChI=1S/C20H25N3O5S/c1-2-3-4-5-8-14-28-20-13-7-6-10-17(20)16-21-22-29(26,27)19-12-9-11-18(15-19)23(24)25/h6-7,9-13,15-16,22H,2-5,8,14H2,1H3/b21-16+. The summed E-state index contributed by atoms with van der Waals surface area (Å²) >= 11 is 0. The van der Waals surface area contributed by atoms with E-state index in [0.717, 1.165) is 18.9 Å². The molecule has 0 aliphatic rings. The third-order valence-electron chi connectivity index (χ3n) is 4.14. The monoisotopic (exact) mass is 419 g/mol. The molecular weight excluding hydrogens is 394 g/mol. The Bertz CT molecular complexity index is 945. The summed E-state index contributed by atoms with van der Waals surface area (Å²) in [5, 5.41) is 14.6. The zero-order valence-corrected chi connectivity index (χ0v) is 17.1. The van der Waals surface area contributed by atoms with Crippen molar-refractivity contribution in [2.75, 3.05) is 6.61 Å². The summed E-state index contributed by atoms with van der Waals surface area (Å²) in [6.07, 6.45) is 6.99. The molecule has 0 saturated carbocycles. The molecule has 2 aromatic rings. The van der Waals surface area contributed by atoms with Gasteiger partial charge in [-0.05, 0) is 24.6 Å². The Kier molecular flexibility index (Phi) is 8.60. The lowest BCUT2D eigenvalue weighted by Crippen LogP contribution is -2.18. The summed E-state index contributed by atoms with van der Waals surface area (Å²) < 4.78 is 30.4. The molecule has 0 bridgehead atoms. The Morgan fingerprint density at radius 1 is 1.10 bits per heavy atom. The molecule has 0 unspecified atom stereocenters. The molecular formula is C20H25N3O5S. The van der Waals surface area contributed by atoms with Gasteiger partial charge >= 0.3 is 0 Å². The molecule has 0 spiro atoms. The van der Waals surface area contributed by atoms with Gasteiger partial charge in [-0.2, -0.15) is 13.5 Å². The first-order valence-electron chi connectivity index (χ1n) is 9.45. The zero-order valence-electron chi connectivity index (χ0n) is 16.3. The predicted molar refractivity (Wildman–Crippen MR) is 112 cm³/mol. The second kappa shape index (κ2) is 11.2. The maximum atomic E-state index is 12.3. The topological polar surface area (TPSA) is 111 Å². The second-order valence-corrected chi connectivity index (χ2v) is 8.07. The quantitative estimate of drug-likeness (QED) is 0.239. The van der Waals surface area contributed by atoms with Crippen molar-refractivity contribution < 1.29 is 18.1 Å². The third-order valence-corrected chi connectivity index (χ3v) is 5.36. The number of unbranched alkanes of at least 4 members (excludes halogenated alkanes) is 4. The summed E-state index contributed by atoms with van der Waals surface area (Å²) in [5.74, 6) is 0.612. The van der Waals surface area contributed by atoms with Gasteiger partial charge in [0.15, 0.2) is 0 Å². The number of hydrazone groups is 1. The number of para-hydroxylation sites is 1. The molecule has 29 heavy (non-hydrogen) atoms. The smallest absolute Gasteiger partial charge is 0.276 e. The molecule has 2 rings (SSSR count). The maximum absolute atomic E-state index is 12.3. The Morgan fingerprint density at radius 2 is 1.86 bits per heavy atom. The number of nitrogens with zero attached hydrogens (tertiary/aromatic N) is 2. The summed E-state index contributed by atoms with van der Waals surface area (Å²) in [6, 6.07) is 12.0. The van der Waals surface area contributed by atoms with Gasteiger partial charge in [0.05, 0.1) is 22.6 Å². The molecule has 9 heteroatoms. The SMILES string of the molecule is CCCCCCCOc1ccccc1/C=N/NS(=O)(=O)c1cccc([N+](=O)[O-])c1. The van der Waals surface area contributed by atoms with E-state index in [2.05, 4.69) is 16.9 Å². The van der Waals surface area contributed by atoms with Crippen LogP contribution in [0.1, 0.15) is 44.6 Å². The number of hydrogen-bond acceptors (Lipinski definition) is 6. The first-order chi connectivity index (χ1) is 13.9. The van der Waals surface area contributed by atoms with E-state index >= 15 is 0 Å². The van der Waals surface area contributed by atoms with E-state index in [9.17, 15) is 18.5 Å². The molecule has 0 aromatic heterocycles. The van der Waals surface area contributed by atoms with Gasteiger partial charge in [0.25, 0.3) is 15.7 Å². The van der Waals surface area contributed by atoms with Gasteiger partial charge in [-0.1, -0.05) is 50.8 Å². The van der Waals surface area contributed by atoms with Crippen LogP contribution < -0.4 is 9.57 Å². The Hall–Kier alpha value is -2.94. The minimum atomic E-state index is -4.02. The highest BCUT2D eigenvalue weighted by molar-refractivity contribution is 7.89. The second-order valence-electron chi connectivity index (χ2n) is 6.41. The molecule has 2 aromatic carbocycles. The highest BCUT2D eigenvalue weighted by atomic mass is 32.2. The van der Waals surface area contributed by atoms with E-state index < -0.39 is 14.9 Å². The number of hydrogen-bond donors (Lipinski definition) is 1. The number of nitro groups is 1. The summed E-state index contributed by atoms with van der Waals surface area (Å²) in [6.45, 7) is 2.74. The van der Waals surface area contributed by atoms with Crippen molar-refractivity contribution in [3.8, 4) is 5.75 Å². The van der Waals surface area contributed by atoms with Crippen LogP contribution in [-0.2, 0) is 10.0 Å². The molecule has 0 radical (unpaired) electrons. The lowest BCUT2D eigenvalue weighted by molar-refractivity contribution is -0.385. The van der Waals surface area contributed by atoms with Gasteiger partial charge < -0.3 is 4.74 Å². The average molecular weight is 420 g/mol. The van der Waals surface area contributed by atoms with Crippen LogP contribution in [0.2, 0.25) is 0 Å². The average Bonchev–Trinajstić information content (AvgIpc) is 2.71. The van der Waals surface area contributed by atoms with E-state index in [4.69, 9.17) is 4.74 Å². The van der Waals surface area contributed by atoms with Gasteiger partial charge in [-0.15, -0.1) is 0 Å². The molecule has 156 valence electrons. The number of rotatable bonds is 12. The van der Waals surface area contributed by atoms with Crippen molar-refractivity contribution >= 4 is 21.9 Å². The molecule has 0 heterocycles. The van der Waals surface area contributed by atoms with Gasteiger partial charge in [-0.3, -0.25) is 10.1 Å². The van der Waals surface area contributed by atoms with E-state index in [1.54, 1.807) is 18.2 Å². The molecule has 8 nitrogen and oxygen atoms in total. The fourth-order valence-corrected chi connectivity index (χ4v) is 3.42. The Labute approximate surface area is 170 Å². The van der Waals surface area contributed by atoms with Crippen molar-refractivity contribution in [1.82, 2.24) is 4.83 Å². The molecule has 0 saturated heterocycles. The molecule has 0 amide bonds. The number of nitrogens with one attached hydrogen (secondary N) is 1. The number of benzene rings is 2. The molecule has 0 fully saturated rings. The lowest BCUT2D eigenvalue weighted by Gasteiger charge is -2.09. The van der Waals surface area contributed by atoms with Crippen LogP contribution in [0.3, 0.4) is 0 Å².